The molecule has 11 aromatic rings. The minimum Gasteiger partial charge on any atom is -0.309 e. The van der Waals surface area contributed by atoms with E-state index in [0.29, 0.717) is 0 Å². The standard InChI is InChI=1S/C56H37N3/c1-57-50-24-13-23-46-43-20-8-9-22-45(43)55(56(46)50)40-15-12-14-36(32-40)37-26-30-53-48(34-37)49-35-39(28-31-54(49)59(53)42-18-6-3-7-19-42)38-27-29-52-47(33-38)44-21-10-11-25-51(44)58(52)41-16-4-2-5-17-41/h2-35,55H,1H2. The van der Waals surface area contributed by atoms with Crippen molar-refractivity contribution in [3.05, 3.63) is 223 Å². The van der Waals surface area contributed by atoms with Gasteiger partial charge < -0.3 is 9.13 Å². The molecule has 0 radical (unpaired) electrons. The molecule has 0 N–H and O–H groups in total. The maximum absolute atomic E-state index is 4.49. The van der Waals surface area contributed by atoms with Crippen LogP contribution in [0.5, 0.6) is 0 Å². The van der Waals surface area contributed by atoms with Crippen molar-refractivity contribution in [1.82, 2.24) is 9.13 Å². The molecule has 1 unspecified atom stereocenters. The van der Waals surface area contributed by atoms with Crippen molar-refractivity contribution in [3.63, 3.8) is 0 Å². The number of fused-ring (bicyclic) bond motifs is 9. The van der Waals surface area contributed by atoms with Crippen LogP contribution in [0, 0.1) is 0 Å². The number of benzene rings is 9. The predicted molar refractivity (Wildman–Crippen MR) is 248 cm³/mol. The molecule has 0 spiro atoms. The molecule has 0 fully saturated rings. The van der Waals surface area contributed by atoms with Crippen LogP contribution in [0.1, 0.15) is 22.6 Å². The number of rotatable bonds is 6. The van der Waals surface area contributed by atoms with Gasteiger partial charge in [0.05, 0.1) is 27.8 Å². The van der Waals surface area contributed by atoms with Crippen molar-refractivity contribution < 1.29 is 0 Å². The second-order valence-electron chi connectivity index (χ2n) is 15.6. The first kappa shape index (κ1) is 33.4. The molecule has 0 aliphatic heterocycles. The fraction of sp³-hybridized carbons (Fsp3) is 0.0179. The third-order valence-corrected chi connectivity index (χ3v) is 12.5. The van der Waals surface area contributed by atoms with E-state index in [0.717, 1.165) is 11.4 Å². The molecule has 276 valence electrons. The Labute approximate surface area is 342 Å². The molecule has 3 heteroatoms. The molecule has 0 saturated heterocycles. The van der Waals surface area contributed by atoms with E-state index in [9.17, 15) is 0 Å². The second kappa shape index (κ2) is 13.2. The van der Waals surface area contributed by atoms with Crippen LogP contribution >= 0.6 is 0 Å². The highest BCUT2D eigenvalue weighted by molar-refractivity contribution is 6.13. The molecule has 1 atom stereocenters. The van der Waals surface area contributed by atoms with Gasteiger partial charge in [-0.1, -0.05) is 133 Å². The molecule has 1 aliphatic rings. The van der Waals surface area contributed by atoms with E-state index < -0.39 is 0 Å². The SMILES string of the molecule is C=Nc1cccc2c1C(c1cccc(-c3ccc4c(c3)c3cc(-c5ccc6c(c5)c5ccccc5n6-c5ccccc5)ccc3n4-c3ccccc3)c1)c1ccccc1-2. The number of para-hydroxylation sites is 3. The summed E-state index contributed by atoms with van der Waals surface area (Å²) in [6.07, 6.45) is 0. The van der Waals surface area contributed by atoms with E-state index in [4.69, 9.17) is 0 Å². The zero-order chi connectivity index (χ0) is 39.0. The van der Waals surface area contributed by atoms with Gasteiger partial charge in [-0.25, -0.2) is 0 Å². The van der Waals surface area contributed by atoms with Gasteiger partial charge in [-0.05, 0) is 130 Å². The molecule has 9 aromatic carbocycles. The number of aromatic nitrogens is 2. The van der Waals surface area contributed by atoms with Crippen LogP contribution in [0.15, 0.2) is 211 Å². The topological polar surface area (TPSA) is 22.2 Å². The minimum atomic E-state index is 0.0770. The lowest BCUT2D eigenvalue weighted by Gasteiger charge is -2.17. The lowest BCUT2D eigenvalue weighted by atomic mass is 9.87. The largest absolute Gasteiger partial charge is 0.309 e. The number of hydrogen-bond donors (Lipinski definition) is 0. The zero-order valence-electron chi connectivity index (χ0n) is 32.3. The summed E-state index contributed by atoms with van der Waals surface area (Å²) in [7, 11) is 0. The lowest BCUT2D eigenvalue weighted by molar-refractivity contribution is 1.01. The molecule has 2 heterocycles. The Morgan fingerprint density at radius 3 is 1.49 bits per heavy atom. The van der Waals surface area contributed by atoms with Crippen LogP contribution in [0.4, 0.5) is 5.69 Å². The van der Waals surface area contributed by atoms with Crippen molar-refractivity contribution in [2.45, 2.75) is 5.92 Å². The fourth-order valence-corrected chi connectivity index (χ4v) is 9.87. The normalized spacial score (nSPS) is 13.3. The molecule has 1 aliphatic carbocycles. The number of hydrogen-bond acceptors (Lipinski definition) is 1. The van der Waals surface area contributed by atoms with E-state index in [2.05, 4.69) is 227 Å². The number of nitrogens with zero attached hydrogens (tertiary/aromatic N) is 3. The van der Waals surface area contributed by atoms with Gasteiger partial charge in [-0.15, -0.1) is 0 Å². The monoisotopic (exact) mass is 751 g/mol. The maximum Gasteiger partial charge on any atom is 0.0670 e. The van der Waals surface area contributed by atoms with Crippen LogP contribution in [-0.4, -0.2) is 15.9 Å². The summed E-state index contributed by atoms with van der Waals surface area (Å²) in [4.78, 5) is 4.49. The van der Waals surface area contributed by atoms with Gasteiger partial charge in [0.1, 0.15) is 0 Å². The highest BCUT2D eigenvalue weighted by Gasteiger charge is 2.32. The van der Waals surface area contributed by atoms with Crippen LogP contribution in [0.25, 0.3) is 88.4 Å². The molecule has 0 amide bonds. The summed E-state index contributed by atoms with van der Waals surface area (Å²) < 4.78 is 4.78. The Hall–Kier alpha value is -7.75. The van der Waals surface area contributed by atoms with Gasteiger partial charge in [-0.2, -0.15) is 0 Å². The van der Waals surface area contributed by atoms with E-state index in [1.165, 1.54) is 99.4 Å². The quantitative estimate of drug-likeness (QED) is 0.151. The Morgan fingerprint density at radius 1 is 0.373 bits per heavy atom. The van der Waals surface area contributed by atoms with E-state index in [-0.39, 0.29) is 5.92 Å². The van der Waals surface area contributed by atoms with Gasteiger partial charge in [0.2, 0.25) is 0 Å². The number of aliphatic imine (C=N–C) groups is 1. The molecule has 3 nitrogen and oxygen atoms in total. The lowest BCUT2D eigenvalue weighted by Crippen LogP contribution is -2.00. The highest BCUT2D eigenvalue weighted by atomic mass is 15.0. The molecule has 0 saturated carbocycles. The smallest absolute Gasteiger partial charge is 0.0670 e. The van der Waals surface area contributed by atoms with Gasteiger partial charge in [0.25, 0.3) is 0 Å². The summed E-state index contributed by atoms with van der Waals surface area (Å²) in [6, 6.07) is 75.3. The van der Waals surface area contributed by atoms with Crippen LogP contribution in [0.2, 0.25) is 0 Å². The molecule has 2 aromatic heterocycles. The average molecular weight is 752 g/mol. The summed E-state index contributed by atoms with van der Waals surface area (Å²) in [6.45, 7) is 3.95. The first-order chi connectivity index (χ1) is 29.2. The average Bonchev–Trinajstić information content (AvgIpc) is 3.94. The molecule has 59 heavy (non-hydrogen) atoms. The first-order valence-corrected chi connectivity index (χ1v) is 20.3. The van der Waals surface area contributed by atoms with Crippen molar-refractivity contribution in [2.75, 3.05) is 0 Å². The van der Waals surface area contributed by atoms with Gasteiger partial charge >= 0.3 is 0 Å². The highest BCUT2D eigenvalue weighted by Crippen LogP contribution is 2.52. The maximum atomic E-state index is 4.49. The van der Waals surface area contributed by atoms with Crippen molar-refractivity contribution in [2.24, 2.45) is 4.99 Å². The van der Waals surface area contributed by atoms with Crippen molar-refractivity contribution >= 4 is 56.0 Å². The van der Waals surface area contributed by atoms with Gasteiger partial charge in [0.15, 0.2) is 0 Å². The van der Waals surface area contributed by atoms with E-state index in [1.54, 1.807) is 0 Å². The Bertz CT molecular complexity index is 3460. The zero-order valence-corrected chi connectivity index (χ0v) is 32.3. The first-order valence-electron chi connectivity index (χ1n) is 20.3. The third-order valence-electron chi connectivity index (χ3n) is 12.5. The van der Waals surface area contributed by atoms with Crippen molar-refractivity contribution in [3.8, 4) is 44.8 Å². The van der Waals surface area contributed by atoms with E-state index in [1.807, 2.05) is 0 Å². The Kier molecular flexibility index (Phi) is 7.45. The summed E-state index contributed by atoms with van der Waals surface area (Å²) >= 11 is 0. The third kappa shape index (κ3) is 5.11. The molecular formula is C56H37N3. The van der Waals surface area contributed by atoms with Crippen LogP contribution in [0.3, 0.4) is 0 Å². The molecule has 12 rings (SSSR count). The predicted octanol–water partition coefficient (Wildman–Crippen LogP) is 14.7. The van der Waals surface area contributed by atoms with E-state index >= 15 is 0 Å². The van der Waals surface area contributed by atoms with Crippen LogP contribution in [-0.2, 0) is 0 Å². The fourth-order valence-electron chi connectivity index (χ4n) is 9.87. The molecular weight excluding hydrogens is 715 g/mol. The Balaban J connectivity index is 1.03. The molecule has 0 bridgehead atoms. The van der Waals surface area contributed by atoms with Crippen LogP contribution < -0.4 is 0 Å². The Morgan fingerprint density at radius 2 is 0.864 bits per heavy atom. The van der Waals surface area contributed by atoms with Crippen molar-refractivity contribution in [1.29, 1.82) is 0 Å². The summed E-state index contributed by atoms with van der Waals surface area (Å²) in [5.41, 5.74) is 19.1. The second-order valence-corrected chi connectivity index (χ2v) is 15.6. The minimum absolute atomic E-state index is 0.0770. The summed E-state index contributed by atoms with van der Waals surface area (Å²) in [5, 5.41) is 4.96. The van der Waals surface area contributed by atoms with Gasteiger partial charge in [0, 0.05) is 38.8 Å². The van der Waals surface area contributed by atoms with Gasteiger partial charge in [-0.3, -0.25) is 4.99 Å². The summed E-state index contributed by atoms with van der Waals surface area (Å²) in [5.74, 6) is 0.0770.